The molecule has 6 heteroatoms. The molecule has 4 aromatic rings. The highest BCUT2D eigenvalue weighted by Crippen LogP contribution is 2.35. The number of carbonyl (C=O) groups is 1. The Bertz CT molecular complexity index is 1410. The molecule has 0 aromatic heterocycles. The topological polar surface area (TPSA) is 47.6 Å². The van der Waals surface area contributed by atoms with Gasteiger partial charge in [-0.05, 0) is 103 Å². The maximum atomic E-state index is 14.8. The molecule has 1 saturated heterocycles. The van der Waals surface area contributed by atoms with Crippen molar-refractivity contribution in [1.29, 1.82) is 0 Å². The van der Waals surface area contributed by atoms with Gasteiger partial charge in [-0.15, -0.1) is 0 Å². The zero-order valence-electron chi connectivity index (χ0n) is 20.7. The maximum Gasteiger partial charge on any atom is 0.194 e. The Morgan fingerprint density at radius 1 is 0.919 bits per heavy atom. The summed E-state index contributed by atoms with van der Waals surface area (Å²) in [4.78, 5) is 13.8. The lowest BCUT2D eigenvalue weighted by Gasteiger charge is -2.23. The van der Waals surface area contributed by atoms with E-state index in [4.69, 9.17) is 9.47 Å². The molecule has 1 aliphatic rings. The molecule has 0 saturated carbocycles. The van der Waals surface area contributed by atoms with E-state index in [2.05, 4.69) is 5.32 Å². The highest BCUT2D eigenvalue weighted by Gasteiger charge is 2.21. The highest BCUT2D eigenvalue weighted by atomic mass is 19.1. The number of halogens is 2. The molecule has 5 rings (SSSR count). The van der Waals surface area contributed by atoms with Crippen LogP contribution >= 0.6 is 0 Å². The summed E-state index contributed by atoms with van der Waals surface area (Å²) in [5.74, 6) is -0.131. The van der Waals surface area contributed by atoms with Crippen LogP contribution in [-0.4, -0.2) is 32.1 Å². The predicted octanol–water partition coefficient (Wildman–Crippen LogP) is 6.94. The van der Waals surface area contributed by atoms with Gasteiger partial charge in [0.15, 0.2) is 5.78 Å². The molecule has 0 amide bonds. The van der Waals surface area contributed by atoms with E-state index < -0.39 is 11.6 Å². The molecule has 4 nitrogen and oxygen atoms in total. The van der Waals surface area contributed by atoms with E-state index in [0.717, 1.165) is 36.6 Å². The highest BCUT2D eigenvalue weighted by molar-refractivity contribution is 6.20. The zero-order chi connectivity index (χ0) is 25.8. The van der Waals surface area contributed by atoms with Gasteiger partial charge in [-0.3, -0.25) is 4.79 Å². The number of nitrogens with one attached hydrogen (secondary N) is 1. The molecule has 0 aliphatic carbocycles. The minimum Gasteiger partial charge on any atom is -0.497 e. The number of hydrogen-bond acceptors (Lipinski definition) is 4. The fraction of sp³-hybridized carbons (Fsp3) is 0.258. The molecule has 1 atom stereocenters. The summed E-state index contributed by atoms with van der Waals surface area (Å²) in [6, 6.07) is 19.5. The van der Waals surface area contributed by atoms with Crippen molar-refractivity contribution in [3.8, 4) is 22.6 Å². The van der Waals surface area contributed by atoms with E-state index >= 15 is 0 Å². The molecule has 4 aromatic carbocycles. The van der Waals surface area contributed by atoms with E-state index in [1.807, 2.05) is 6.07 Å². The van der Waals surface area contributed by atoms with Crippen molar-refractivity contribution in [3.63, 3.8) is 0 Å². The van der Waals surface area contributed by atoms with Gasteiger partial charge in [-0.1, -0.05) is 18.6 Å². The van der Waals surface area contributed by atoms with Gasteiger partial charge in [0.2, 0.25) is 0 Å². The number of rotatable bonds is 8. The number of ketones is 1. The van der Waals surface area contributed by atoms with Gasteiger partial charge in [-0.25, -0.2) is 8.78 Å². The van der Waals surface area contributed by atoms with Crippen molar-refractivity contribution in [2.24, 2.45) is 0 Å². The summed E-state index contributed by atoms with van der Waals surface area (Å²) in [6.07, 6.45) is 4.58. The van der Waals surface area contributed by atoms with Crippen molar-refractivity contribution in [2.75, 3.05) is 20.3 Å². The fourth-order valence-corrected chi connectivity index (χ4v) is 4.94. The third-order valence-corrected chi connectivity index (χ3v) is 6.94. The maximum absolute atomic E-state index is 14.8. The van der Waals surface area contributed by atoms with E-state index in [0.29, 0.717) is 46.2 Å². The van der Waals surface area contributed by atoms with E-state index in [-0.39, 0.29) is 11.3 Å². The number of carbonyl (C=O) groups excluding carboxylic acids is 1. The van der Waals surface area contributed by atoms with Crippen LogP contribution in [0.1, 0.15) is 41.6 Å². The first-order chi connectivity index (χ1) is 18.0. The summed E-state index contributed by atoms with van der Waals surface area (Å²) < 4.78 is 40.1. The lowest BCUT2D eigenvalue weighted by atomic mass is 9.89. The first-order valence-corrected chi connectivity index (χ1v) is 12.6. The molecule has 1 fully saturated rings. The first kappa shape index (κ1) is 24.9. The Morgan fingerprint density at radius 2 is 1.73 bits per heavy atom. The molecule has 1 N–H and O–H groups in total. The van der Waals surface area contributed by atoms with Crippen molar-refractivity contribution < 1.29 is 23.0 Å². The number of methoxy groups -OCH3 is 1. The lowest BCUT2D eigenvalue weighted by Crippen LogP contribution is -2.35. The minimum atomic E-state index is -0.598. The zero-order valence-corrected chi connectivity index (χ0v) is 20.7. The molecule has 1 unspecified atom stereocenters. The van der Waals surface area contributed by atoms with Crippen LogP contribution < -0.4 is 14.8 Å². The molecule has 190 valence electrons. The lowest BCUT2D eigenvalue weighted by molar-refractivity contribution is 0.104. The number of ether oxygens (including phenoxy) is 2. The molecule has 0 spiro atoms. The van der Waals surface area contributed by atoms with Crippen molar-refractivity contribution in [1.82, 2.24) is 5.32 Å². The minimum absolute atomic E-state index is 0.0392. The summed E-state index contributed by atoms with van der Waals surface area (Å²) in [5, 5.41) is 4.91. The smallest absolute Gasteiger partial charge is 0.194 e. The summed E-state index contributed by atoms with van der Waals surface area (Å²) in [6.45, 7) is 1.66. The van der Waals surface area contributed by atoms with Gasteiger partial charge in [0.1, 0.15) is 23.1 Å². The Labute approximate surface area is 215 Å². The van der Waals surface area contributed by atoms with Crippen LogP contribution in [0.2, 0.25) is 0 Å². The molecular weight excluding hydrogens is 472 g/mol. The van der Waals surface area contributed by atoms with Gasteiger partial charge >= 0.3 is 0 Å². The predicted molar refractivity (Wildman–Crippen MR) is 141 cm³/mol. The molecule has 1 aliphatic heterocycles. The second kappa shape index (κ2) is 11.1. The van der Waals surface area contributed by atoms with Crippen LogP contribution in [0.25, 0.3) is 21.9 Å². The average Bonchev–Trinajstić information content (AvgIpc) is 2.94. The Balaban J connectivity index is 1.46. The SMILES string of the molecule is COc1ccc2c(C(=O)c3ccc(OCCC4CCCCN4)cc3)c(-c3cc(F)ccc3F)ccc2c1. The van der Waals surface area contributed by atoms with Crippen LogP contribution in [0.4, 0.5) is 8.78 Å². The summed E-state index contributed by atoms with van der Waals surface area (Å²) >= 11 is 0. The molecule has 0 radical (unpaired) electrons. The number of fused-ring (bicyclic) bond motifs is 1. The van der Waals surface area contributed by atoms with Gasteiger partial charge in [0.05, 0.1) is 13.7 Å². The monoisotopic (exact) mass is 501 g/mol. The Morgan fingerprint density at radius 3 is 2.49 bits per heavy atom. The van der Waals surface area contributed by atoms with E-state index in [1.165, 1.54) is 19.3 Å². The second-order valence-corrected chi connectivity index (χ2v) is 9.34. The fourth-order valence-electron chi connectivity index (χ4n) is 4.94. The standard InChI is InChI=1S/C31H29F2NO3/c1-36-25-11-13-26-21(18-25)7-12-27(28-19-22(32)8-14-29(28)33)30(26)31(35)20-5-9-24(10-6-20)37-17-15-23-4-2-3-16-34-23/h5-14,18-19,23,34H,2-4,15-17H2,1H3. The third-order valence-electron chi connectivity index (χ3n) is 6.94. The first-order valence-electron chi connectivity index (χ1n) is 12.6. The van der Waals surface area contributed by atoms with E-state index in [9.17, 15) is 13.6 Å². The summed E-state index contributed by atoms with van der Waals surface area (Å²) in [5.41, 5.74) is 1.11. The largest absolute Gasteiger partial charge is 0.497 e. The van der Waals surface area contributed by atoms with Crippen LogP contribution in [0, 0.1) is 11.6 Å². The van der Waals surface area contributed by atoms with Gasteiger partial charge < -0.3 is 14.8 Å². The molecule has 0 bridgehead atoms. The normalized spacial score (nSPS) is 15.5. The third kappa shape index (κ3) is 5.49. The molecule has 37 heavy (non-hydrogen) atoms. The molecule has 1 heterocycles. The van der Waals surface area contributed by atoms with Gasteiger partial charge in [0.25, 0.3) is 0 Å². The quantitative estimate of drug-likeness (QED) is 0.266. The second-order valence-electron chi connectivity index (χ2n) is 9.34. The average molecular weight is 502 g/mol. The Kier molecular flexibility index (Phi) is 7.47. The number of piperidine rings is 1. The Hall–Kier alpha value is -3.77. The molecular formula is C31H29F2NO3. The van der Waals surface area contributed by atoms with Crippen molar-refractivity contribution in [2.45, 2.75) is 31.7 Å². The van der Waals surface area contributed by atoms with Crippen LogP contribution in [0.5, 0.6) is 11.5 Å². The van der Waals surface area contributed by atoms with Crippen LogP contribution in [0.15, 0.2) is 72.8 Å². The van der Waals surface area contributed by atoms with Gasteiger partial charge in [0, 0.05) is 22.7 Å². The number of benzene rings is 4. The van der Waals surface area contributed by atoms with Crippen molar-refractivity contribution >= 4 is 16.6 Å². The van der Waals surface area contributed by atoms with Crippen LogP contribution in [0.3, 0.4) is 0 Å². The van der Waals surface area contributed by atoms with Crippen LogP contribution in [-0.2, 0) is 0 Å². The van der Waals surface area contributed by atoms with Crippen molar-refractivity contribution in [3.05, 3.63) is 95.6 Å². The van der Waals surface area contributed by atoms with E-state index in [1.54, 1.807) is 55.6 Å². The number of hydrogen-bond donors (Lipinski definition) is 1. The van der Waals surface area contributed by atoms with Gasteiger partial charge in [-0.2, -0.15) is 0 Å². The summed E-state index contributed by atoms with van der Waals surface area (Å²) in [7, 11) is 1.57.